The summed E-state index contributed by atoms with van der Waals surface area (Å²) in [4.78, 5) is 24.6. The first-order chi connectivity index (χ1) is 12.1. The van der Waals surface area contributed by atoms with Crippen molar-refractivity contribution in [2.75, 3.05) is 0 Å². The van der Waals surface area contributed by atoms with Crippen LogP contribution in [-0.4, -0.2) is 26.8 Å². The zero-order chi connectivity index (χ0) is 19.6. The van der Waals surface area contributed by atoms with Crippen molar-refractivity contribution in [3.8, 4) is 0 Å². The lowest BCUT2D eigenvalue weighted by atomic mass is 9.91. The van der Waals surface area contributed by atoms with Crippen LogP contribution < -0.4 is 5.32 Å². The van der Waals surface area contributed by atoms with Gasteiger partial charge in [0.25, 0.3) is 5.91 Å². The van der Waals surface area contributed by atoms with E-state index in [0.29, 0.717) is 34.3 Å². The predicted octanol–water partition coefficient (Wildman–Crippen LogP) is 3.88. The Morgan fingerprint density at radius 2 is 1.96 bits per heavy atom. The number of hydrogen-bond donors (Lipinski definition) is 2. The molecule has 0 aliphatic heterocycles. The second-order valence-corrected chi connectivity index (χ2v) is 7.55. The van der Waals surface area contributed by atoms with Crippen LogP contribution in [0.1, 0.15) is 42.4 Å². The van der Waals surface area contributed by atoms with Crippen molar-refractivity contribution in [3.63, 3.8) is 0 Å². The maximum absolute atomic E-state index is 12.7. The van der Waals surface area contributed by atoms with Crippen LogP contribution in [0.15, 0.2) is 24.4 Å². The highest BCUT2D eigenvalue weighted by Gasteiger charge is 2.38. The summed E-state index contributed by atoms with van der Waals surface area (Å²) in [6.45, 7) is 7.95. The molecule has 2 rings (SSSR count). The Bertz CT molecular complexity index is 848. The van der Waals surface area contributed by atoms with E-state index >= 15 is 0 Å². The number of aliphatic carboxylic acids is 1. The van der Waals surface area contributed by atoms with Gasteiger partial charge in [0.05, 0.1) is 21.8 Å². The van der Waals surface area contributed by atoms with Gasteiger partial charge in [-0.2, -0.15) is 5.10 Å². The normalized spacial score (nSPS) is 13.5. The molecule has 1 aromatic carbocycles. The van der Waals surface area contributed by atoms with E-state index in [2.05, 4.69) is 10.4 Å². The molecule has 1 unspecified atom stereocenters. The van der Waals surface area contributed by atoms with Crippen molar-refractivity contribution >= 4 is 35.1 Å². The summed E-state index contributed by atoms with van der Waals surface area (Å²) in [7, 11) is 0. The first kappa shape index (κ1) is 20.3. The number of rotatable bonds is 6. The van der Waals surface area contributed by atoms with E-state index in [9.17, 15) is 14.7 Å². The van der Waals surface area contributed by atoms with E-state index in [4.69, 9.17) is 23.2 Å². The standard InChI is InChI=1S/C18H21Cl2N3O3/c1-10(2)9-23-11(3)13(8-21-23)16(24)22-18(4,17(25)26)12-5-6-14(19)15(20)7-12/h5-8,10H,9H2,1-4H3,(H,22,24)(H,25,26). The van der Waals surface area contributed by atoms with E-state index in [1.165, 1.54) is 31.3 Å². The lowest BCUT2D eigenvalue weighted by Gasteiger charge is -2.27. The minimum atomic E-state index is -1.67. The van der Waals surface area contributed by atoms with Crippen LogP contribution >= 0.6 is 23.2 Å². The van der Waals surface area contributed by atoms with Crippen molar-refractivity contribution in [3.05, 3.63) is 51.3 Å². The van der Waals surface area contributed by atoms with Crippen molar-refractivity contribution in [1.29, 1.82) is 0 Å². The third-order valence-electron chi connectivity index (χ3n) is 4.17. The number of hydrogen-bond acceptors (Lipinski definition) is 3. The van der Waals surface area contributed by atoms with Gasteiger partial charge in [-0.3, -0.25) is 9.48 Å². The summed E-state index contributed by atoms with van der Waals surface area (Å²) in [6.07, 6.45) is 1.45. The number of carbonyl (C=O) groups is 2. The third kappa shape index (κ3) is 4.02. The third-order valence-corrected chi connectivity index (χ3v) is 4.91. The zero-order valence-corrected chi connectivity index (χ0v) is 16.5. The van der Waals surface area contributed by atoms with Crippen LogP contribution in [0.25, 0.3) is 0 Å². The molecular weight excluding hydrogens is 377 g/mol. The van der Waals surface area contributed by atoms with Crippen LogP contribution in [0, 0.1) is 12.8 Å². The summed E-state index contributed by atoms with van der Waals surface area (Å²) < 4.78 is 1.73. The lowest BCUT2D eigenvalue weighted by Crippen LogP contribution is -2.49. The largest absolute Gasteiger partial charge is 0.479 e. The molecule has 0 spiro atoms. The first-order valence-corrected chi connectivity index (χ1v) is 8.85. The number of aromatic nitrogens is 2. The van der Waals surface area contributed by atoms with E-state index in [-0.39, 0.29) is 5.02 Å². The molecule has 1 heterocycles. The number of nitrogens with one attached hydrogen (secondary N) is 1. The fourth-order valence-corrected chi connectivity index (χ4v) is 2.85. The molecule has 1 atom stereocenters. The molecule has 1 aromatic heterocycles. The SMILES string of the molecule is Cc1c(C(=O)NC(C)(C(=O)O)c2ccc(Cl)c(Cl)c2)cnn1CC(C)C. The fraction of sp³-hybridized carbons (Fsp3) is 0.389. The molecule has 26 heavy (non-hydrogen) atoms. The molecule has 2 aromatic rings. The van der Waals surface area contributed by atoms with Gasteiger partial charge < -0.3 is 10.4 Å². The van der Waals surface area contributed by atoms with Crippen LogP contribution in [0.4, 0.5) is 0 Å². The smallest absolute Gasteiger partial charge is 0.333 e. The Morgan fingerprint density at radius 3 is 2.50 bits per heavy atom. The average molecular weight is 398 g/mol. The van der Waals surface area contributed by atoms with Crippen molar-refractivity contribution in [1.82, 2.24) is 15.1 Å². The van der Waals surface area contributed by atoms with Crippen molar-refractivity contribution in [2.45, 2.75) is 39.8 Å². The topological polar surface area (TPSA) is 84.2 Å². The van der Waals surface area contributed by atoms with Gasteiger partial charge in [-0.25, -0.2) is 4.79 Å². The van der Waals surface area contributed by atoms with E-state index < -0.39 is 17.4 Å². The van der Waals surface area contributed by atoms with Gasteiger partial charge in [-0.05, 0) is 37.5 Å². The van der Waals surface area contributed by atoms with Gasteiger partial charge in [0.15, 0.2) is 5.54 Å². The summed E-state index contributed by atoms with van der Waals surface area (Å²) in [6, 6.07) is 4.46. The van der Waals surface area contributed by atoms with Gasteiger partial charge in [-0.15, -0.1) is 0 Å². The fourth-order valence-electron chi connectivity index (χ4n) is 2.55. The molecule has 140 valence electrons. The van der Waals surface area contributed by atoms with Crippen molar-refractivity contribution in [2.24, 2.45) is 5.92 Å². The van der Waals surface area contributed by atoms with E-state index in [1.807, 2.05) is 13.8 Å². The lowest BCUT2D eigenvalue weighted by molar-refractivity contribution is -0.144. The summed E-state index contributed by atoms with van der Waals surface area (Å²) >= 11 is 11.9. The first-order valence-electron chi connectivity index (χ1n) is 8.10. The van der Waals surface area contributed by atoms with Gasteiger partial charge in [0, 0.05) is 12.2 Å². The predicted molar refractivity (Wildman–Crippen MR) is 101 cm³/mol. The number of amides is 1. The second kappa shape index (κ2) is 7.68. The molecule has 2 N–H and O–H groups in total. The number of halogens is 2. The minimum Gasteiger partial charge on any atom is -0.479 e. The number of nitrogens with zero attached hydrogens (tertiary/aromatic N) is 2. The Hall–Kier alpha value is -2.05. The monoisotopic (exact) mass is 397 g/mol. The highest BCUT2D eigenvalue weighted by Crippen LogP contribution is 2.29. The molecule has 0 bridgehead atoms. The second-order valence-electron chi connectivity index (χ2n) is 6.73. The van der Waals surface area contributed by atoms with Gasteiger partial charge in [-0.1, -0.05) is 43.1 Å². The van der Waals surface area contributed by atoms with Crippen molar-refractivity contribution < 1.29 is 14.7 Å². The molecule has 0 radical (unpaired) electrons. The maximum Gasteiger partial charge on any atom is 0.333 e. The molecule has 1 amide bonds. The number of carbonyl (C=O) groups excluding carboxylic acids is 1. The van der Waals surface area contributed by atoms with Crippen LogP contribution in [-0.2, 0) is 16.9 Å². The van der Waals surface area contributed by atoms with Crippen LogP contribution in [0.2, 0.25) is 10.0 Å². The minimum absolute atomic E-state index is 0.215. The van der Waals surface area contributed by atoms with Gasteiger partial charge in [0.1, 0.15) is 0 Å². The number of carboxylic acid groups (broad SMARTS) is 1. The molecule has 0 saturated heterocycles. The number of benzene rings is 1. The Labute approximate surface area is 162 Å². The van der Waals surface area contributed by atoms with E-state index in [0.717, 1.165) is 0 Å². The van der Waals surface area contributed by atoms with Gasteiger partial charge in [0.2, 0.25) is 0 Å². The highest BCUT2D eigenvalue weighted by molar-refractivity contribution is 6.42. The summed E-state index contributed by atoms with van der Waals surface area (Å²) in [5.41, 5.74) is -0.339. The summed E-state index contributed by atoms with van der Waals surface area (Å²) in [5.74, 6) is -1.37. The Kier molecular flexibility index (Phi) is 5.98. The van der Waals surface area contributed by atoms with Gasteiger partial charge >= 0.3 is 5.97 Å². The molecule has 0 aliphatic rings. The Morgan fingerprint density at radius 1 is 1.31 bits per heavy atom. The maximum atomic E-state index is 12.7. The molecule has 0 aliphatic carbocycles. The molecule has 0 fully saturated rings. The highest BCUT2D eigenvalue weighted by atomic mass is 35.5. The quantitative estimate of drug-likeness (QED) is 0.774. The zero-order valence-electron chi connectivity index (χ0n) is 15.0. The van der Waals surface area contributed by atoms with Crippen LogP contribution in [0.3, 0.4) is 0 Å². The molecule has 8 heteroatoms. The summed E-state index contributed by atoms with van der Waals surface area (Å²) in [5, 5.41) is 17.1. The Balaban J connectivity index is 2.35. The van der Waals surface area contributed by atoms with E-state index in [1.54, 1.807) is 11.6 Å². The molecule has 0 saturated carbocycles. The average Bonchev–Trinajstić information content (AvgIpc) is 2.90. The van der Waals surface area contributed by atoms with Crippen LogP contribution in [0.5, 0.6) is 0 Å². The molecule has 6 nitrogen and oxygen atoms in total. The molecular formula is C18H21Cl2N3O3. The number of carboxylic acids is 1.